The SMILES string of the molecule is CN=C(NCc1ccc(CN2CCCC2)cc1)NCc1cccnc1OCCOC.I. The largest absolute Gasteiger partial charge is 0.475 e. The van der Waals surface area contributed by atoms with Crippen molar-refractivity contribution in [2.75, 3.05) is 40.5 Å². The van der Waals surface area contributed by atoms with E-state index in [4.69, 9.17) is 9.47 Å². The van der Waals surface area contributed by atoms with Crippen molar-refractivity contribution in [1.29, 1.82) is 0 Å². The van der Waals surface area contributed by atoms with Gasteiger partial charge in [0, 0.05) is 45.6 Å². The summed E-state index contributed by atoms with van der Waals surface area (Å²) in [5, 5.41) is 6.69. The molecule has 1 aliphatic rings. The molecule has 2 heterocycles. The number of likely N-dealkylation sites (tertiary alicyclic amines) is 1. The van der Waals surface area contributed by atoms with Crippen molar-refractivity contribution in [3.05, 3.63) is 59.3 Å². The minimum absolute atomic E-state index is 0. The molecule has 1 saturated heterocycles. The van der Waals surface area contributed by atoms with E-state index in [-0.39, 0.29) is 24.0 Å². The first-order valence-electron chi connectivity index (χ1n) is 10.6. The lowest BCUT2D eigenvalue weighted by atomic mass is 10.1. The van der Waals surface area contributed by atoms with Crippen LogP contribution in [0.1, 0.15) is 29.5 Å². The van der Waals surface area contributed by atoms with Gasteiger partial charge in [0.15, 0.2) is 5.96 Å². The van der Waals surface area contributed by atoms with E-state index in [1.165, 1.54) is 37.1 Å². The van der Waals surface area contributed by atoms with E-state index in [0.29, 0.717) is 32.2 Å². The summed E-state index contributed by atoms with van der Waals surface area (Å²) in [7, 11) is 3.43. The Hall–Kier alpha value is -1.91. The molecule has 0 amide bonds. The predicted molar refractivity (Wildman–Crippen MR) is 135 cm³/mol. The van der Waals surface area contributed by atoms with Gasteiger partial charge in [-0.25, -0.2) is 4.98 Å². The summed E-state index contributed by atoms with van der Waals surface area (Å²) in [6.07, 6.45) is 4.38. The van der Waals surface area contributed by atoms with E-state index in [2.05, 4.69) is 49.8 Å². The van der Waals surface area contributed by atoms with Gasteiger partial charge in [0.05, 0.1) is 6.61 Å². The highest BCUT2D eigenvalue weighted by Crippen LogP contribution is 2.14. The molecule has 7 nitrogen and oxygen atoms in total. The predicted octanol–water partition coefficient (Wildman–Crippen LogP) is 3.19. The fourth-order valence-corrected chi connectivity index (χ4v) is 3.46. The van der Waals surface area contributed by atoms with Gasteiger partial charge in [-0.2, -0.15) is 0 Å². The van der Waals surface area contributed by atoms with Gasteiger partial charge in [-0.05, 0) is 43.1 Å². The normalized spacial score (nSPS) is 14.2. The Balaban J connectivity index is 0.00000341. The Morgan fingerprint density at radius 2 is 1.74 bits per heavy atom. The van der Waals surface area contributed by atoms with E-state index in [0.717, 1.165) is 18.1 Å². The van der Waals surface area contributed by atoms with Gasteiger partial charge >= 0.3 is 0 Å². The number of aliphatic imine (C=N–C) groups is 1. The van der Waals surface area contributed by atoms with Crippen LogP contribution in [0.15, 0.2) is 47.6 Å². The number of nitrogens with one attached hydrogen (secondary N) is 2. The number of methoxy groups -OCH3 is 1. The smallest absolute Gasteiger partial charge is 0.218 e. The van der Waals surface area contributed by atoms with Gasteiger partial charge in [-0.15, -0.1) is 24.0 Å². The number of halogens is 1. The Labute approximate surface area is 202 Å². The molecule has 31 heavy (non-hydrogen) atoms. The zero-order chi connectivity index (χ0) is 21.0. The molecule has 2 aromatic rings. The average molecular weight is 539 g/mol. The number of nitrogens with zero attached hydrogens (tertiary/aromatic N) is 3. The van der Waals surface area contributed by atoms with E-state index < -0.39 is 0 Å². The summed E-state index contributed by atoms with van der Waals surface area (Å²) in [6.45, 7) is 5.79. The molecule has 2 N–H and O–H groups in total. The van der Waals surface area contributed by atoms with Crippen molar-refractivity contribution >= 4 is 29.9 Å². The Morgan fingerprint density at radius 3 is 2.45 bits per heavy atom. The molecule has 0 radical (unpaired) electrons. The van der Waals surface area contributed by atoms with Crippen LogP contribution in [0.25, 0.3) is 0 Å². The van der Waals surface area contributed by atoms with Crippen LogP contribution in [-0.4, -0.2) is 56.3 Å². The quantitative estimate of drug-likeness (QED) is 0.209. The summed E-state index contributed by atoms with van der Waals surface area (Å²) in [5.74, 6) is 1.36. The van der Waals surface area contributed by atoms with Crippen molar-refractivity contribution in [2.24, 2.45) is 4.99 Å². The molecule has 170 valence electrons. The van der Waals surface area contributed by atoms with E-state index in [1.54, 1.807) is 20.4 Å². The lowest BCUT2D eigenvalue weighted by Crippen LogP contribution is -2.36. The fourth-order valence-electron chi connectivity index (χ4n) is 3.46. The summed E-state index contributed by atoms with van der Waals surface area (Å²) < 4.78 is 10.7. The maximum atomic E-state index is 5.69. The Kier molecular flexibility index (Phi) is 11.6. The first-order valence-corrected chi connectivity index (χ1v) is 10.6. The van der Waals surface area contributed by atoms with E-state index in [9.17, 15) is 0 Å². The third-order valence-electron chi connectivity index (χ3n) is 5.13. The van der Waals surface area contributed by atoms with Gasteiger partial charge < -0.3 is 20.1 Å². The van der Waals surface area contributed by atoms with Gasteiger partial charge in [-0.3, -0.25) is 9.89 Å². The minimum atomic E-state index is 0. The molecule has 0 atom stereocenters. The van der Waals surface area contributed by atoms with E-state index >= 15 is 0 Å². The first kappa shape index (κ1) is 25.4. The van der Waals surface area contributed by atoms with Crippen molar-refractivity contribution in [3.63, 3.8) is 0 Å². The third-order valence-corrected chi connectivity index (χ3v) is 5.13. The zero-order valence-electron chi connectivity index (χ0n) is 18.5. The van der Waals surface area contributed by atoms with Crippen LogP contribution in [0.3, 0.4) is 0 Å². The molecule has 0 aliphatic carbocycles. The second-order valence-corrected chi connectivity index (χ2v) is 7.39. The molecule has 0 bridgehead atoms. The number of guanidine groups is 1. The van der Waals surface area contributed by atoms with Crippen LogP contribution < -0.4 is 15.4 Å². The molecule has 0 unspecified atom stereocenters. The molecular weight excluding hydrogens is 505 g/mol. The second-order valence-electron chi connectivity index (χ2n) is 7.39. The number of aromatic nitrogens is 1. The van der Waals surface area contributed by atoms with Gasteiger partial charge in [0.25, 0.3) is 0 Å². The Bertz CT molecular complexity index is 795. The monoisotopic (exact) mass is 539 g/mol. The first-order chi connectivity index (χ1) is 14.8. The van der Waals surface area contributed by atoms with Gasteiger partial charge in [0.1, 0.15) is 6.61 Å². The van der Waals surface area contributed by atoms with Crippen molar-refractivity contribution in [1.82, 2.24) is 20.5 Å². The molecule has 0 saturated carbocycles. The van der Waals surface area contributed by atoms with E-state index in [1.807, 2.05) is 12.1 Å². The summed E-state index contributed by atoms with van der Waals surface area (Å²) in [4.78, 5) is 11.1. The summed E-state index contributed by atoms with van der Waals surface area (Å²) >= 11 is 0. The van der Waals surface area contributed by atoms with Crippen LogP contribution in [0.2, 0.25) is 0 Å². The molecular formula is C23H34IN5O2. The van der Waals surface area contributed by atoms with Crippen molar-refractivity contribution in [2.45, 2.75) is 32.5 Å². The highest BCUT2D eigenvalue weighted by molar-refractivity contribution is 14.0. The Morgan fingerprint density at radius 1 is 1.03 bits per heavy atom. The zero-order valence-corrected chi connectivity index (χ0v) is 20.8. The molecule has 1 aliphatic heterocycles. The topological polar surface area (TPSA) is 71.0 Å². The molecule has 3 rings (SSSR count). The lowest BCUT2D eigenvalue weighted by molar-refractivity contribution is 0.143. The fraction of sp³-hybridized carbons (Fsp3) is 0.478. The van der Waals surface area contributed by atoms with Crippen LogP contribution in [0.4, 0.5) is 0 Å². The number of rotatable bonds is 10. The van der Waals surface area contributed by atoms with Crippen LogP contribution in [-0.2, 0) is 24.4 Å². The molecule has 1 aromatic carbocycles. The lowest BCUT2D eigenvalue weighted by Gasteiger charge is -2.16. The third kappa shape index (κ3) is 8.62. The number of ether oxygens (including phenoxy) is 2. The van der Waals surface area contributed by atoms with Crippen LogP contribution in [0.5, 0.6) is 5.88 Å². The number of hydrogen-bond donors (Lipinski definition) is 2. The number of benzene rings is 1. The van der Waals surface area contributed by atoms with Crippen LogP contribution >= 0.6 is 24.0 Å². The minimum Gasteiger partial charge on any atom is -0.475 e. The highest BCUT2D eigenvalue weighted by atomic mass is 127. The van der Waals surface area contributed by atoms with Crippen molar-refractivity contribution < 1.29 is 9.47 Å². The van der Waals surface area contributed by atoms with Gasteiger partial charge in [0.2, 0.25) is 5.88 Å². The second kappa shape index (κ2) is 14.2. The summed E-state index contributed by atoms with van der Waals surface area (Å²) in [5.41, 5.74) is 3.58. The van der Waals surface area contributed by atoms with Crippen LogP contribution in [0, 0.1) is 0 Å². The molecule has 1 fully saturated rings. The highest BCUT2D eigenvalue weighted by Gasteiger charge is 2.11. The number of hydrogen-bond acceptors (Lipinski definition) is 5. The molecule has 8 heteroatoms. The maximum absolute atomic E-state index is 5.69. The van der Waals surface area contributed by atoms with Crippen molar-refractivity contribution in [3.8, 4) is 5.88 Å². The maximum Gasteiger partial charge on any atom is 0.218 e. The summed E-state index contributed by atoms with van der Waals surface area (Å²) in [6, 6.07) is 12.7. The molecule has 1 aromatic heterocycles. The molecule has 0 spiro atoms. The van der Waals surface area contributed by atoms with Gasteiger partial charge in [-0.1, -0.05) is 30.3 Å². The average Bonchev–Trinajstić information content (AvgIpc) is 3.29. The number of pyridine rings is 1. The standard InChI is InChI=1S/C23H33N5O2.HI/c1-24-23(27-17-21-6-5-11-25-22(21)30-15-14-29-2)26-16-19-7-9-20(10-8-19)18-28-12-3-4-13-28;/h5-11H,3-4,12-18H2,1-2H3,(H2,24,26,27);1H.